The molecule has 2 heterocycles. The fourth-order valence-electron chi connectivity index (χ4n) is 2.34. The van der Waals surface area contributed by atoms with E-state index in [1.54, 1.807) is 0 Å². The van der Waals surface area contributed by atoms with Gasteiger partial charge in [0.25, 0.3) is 0 Å². The topological polar surface area (TPSA) is 47.7 Å². The van der Waals surface area contributed by atoms with Gasteiger partial charge < -0.3 is 5.32 Å². The van der Waals surface area contributed by atoms with Crippen LogP contribution in [0.3, 0.4) is 0 Å². The van der Waals surface area contributed by atoms with Crippen molar-refractivity contribution in [3.8, 4) is 0 Å². The Morgan fingerprint density at radius 1 is 1.11 bits per heavy atom. The van der Waals surface area contributed by atoms with Crippen molar-refractivity contribution < 1.29 is 0 Å². The fraction of sp³-hybridized carbons (Fsp3) is 0.538. The molecule has 0 aromatic carbocycles. The molecule has 0 radical (unpaired) electrons. The molecule has 0 spiro atoms. The van der Waals surface area contributed by atoms with E-state index in [4.69, 9.17) is 0 Å². The first-order valence-electron chi connectivity index (χ1n) is 6.17. The first kappa shape index (κ1) is 12.7. The Morgan fingerprint density at radius 2 is 1.78 bits per heavy atom. The van der Waals surface area contributed by atoms with E-state index in [1.165, 1.54) is 11.3 Å². The van der Waals surface area contributed by atoms with Crippen molar-refractivity contribution in [3.63, 3.8) is 0 Å². The lowest BCUT2D eigenvalue weighted by atomic mass is 10.1. The predicted molar refractivity (Wildman–Crippen MR) is 72.7 cm³/mol. The molecule has 5 heteroatoms. The van der Waals surface area contributed by atoms with E-state index in [-0.39, 0.29) is 6.04 Å². The molecule has 1 atom stereocenters. The summed E-state index contributed by atoms with van der Waals surface area (Å²) in [5.41, 5.74) is 4.66. The van der Waals surface area contributed by atoms with Gasteiger partial charge in [0.1, 0.15) is 5.82 Å². The normalized spacial score (nSPS) is 12.8. The second-order valence-electron chi connectivity index (χ2n) is 4.87. The Morgan fingerprint density at radius 3 is 2.22 bits per heavy atom. The first-order chi connectivity index (χ1) is 8.40. The summed E-state index contributed by atoms with van der Waals surface area (Å²) in [4.78, 5) is 0. The van der Waals surface area contributed by atoms with Crippen molar-refractivity contribution in [1.82, 2.24) is 19.6 Å². The average molecular weight is 247 g/mol. The van der Waals surface area contributed by atoms with Gasteiger partial charge in [-0.05, 0) is 27.7 Å². The number of nitrogens with zero attached hydrogens (tertiary/aromatic N) is 4. The minimum Gasteiger partial charge on any atom is -0.362 e. The van der Waals surface area contributed by atoms with Crippen LogP contribution in [0.5, 0.6) is 0 Å². The molecule has 98 valence electrons. The van der Waals surface area contributed by atoms with E-state index in [0.717, 1.165) is 17.2 Å². The molecular weight excluding hydrogens is 226 g/mol. The van der Waals surface area contributed by atoms with Gasteiger partial charge in [0, 0.05) is 37.1 Å². The lowest BCUT2D eigenvalue weighted by Crippen LogP contribution is -2.09. The molecule has 0 amide bonds. The van der Waals surface area contributed by atoms with Gasteiger partial charge in [0.15, 0.2) is 0 Å². The highest BCUT2D eigenvalue weighted by atomic mass is 15.3. The minimum absolute atomic E-state index is 0.202. The smallest absolute Gasteiger partial charge is 0.148 e. The standard InChI is InChI=1S/C13H21N5/c1-8-7-12(16-17(8)5)14-9(2)13-10(3)15-18(6)11(13)4/h7,9H,1-6H3,(H,14,16). The van der Waals surface area contributed by atoms with E-state index in [1.807, 2.05) is 37.3 Å². The van der Waals surface area contributed by atoms with Crippen molar-refractivity contribution in [2.75, 3.05) is 5.32 Å². The van der Waals surface area contributed by atoms with Gasteiger partial charge in [-0.3, -0.25) is 9.36 Å². The molecular formula is C13H21N5. The average Bonchev–Trinajstić information content (AvgIpc) is 2.69. The Labute approximate surface area is 108 Å². The van der Waals surface area contributed by atoms with Crippen molar-refractivity contribution >= 4 is 5.82 Å². The summed E-state index contributed by atoms with van der Waals surface area (Å²) in [6.45, 7) is 8.33. The van der Waals surface area contributed by atoms with Crippen molar-refractivity contribution in [2.24, 2.45) is 14.1 Å². The summed E-state index contributed by atoms with van der Waals surface area (Å²) in [5, 5.41) is 12.3. The zero-order chi connectivity index (χ0) is 13.4. The van der Waals surface area contributed by atoms with Crippen LogP contribution in [0.25, 0.3) is 0 Å². The SMILES string of the molecule is Cc1nn(C)c(C)c1C(C)Nc1cc(C)n(C)n1. The zero-order valence-electron chi connectivity index (χ0n) is 11.9. The van der Waals surface area contributed by atoms with Gasteiger partial charge in [-0.25, -0.2) is 0 Å². The second kappa shape index (κ2) is 4.48. The maximum Gasteiger partial charge on any atom is 0.148 e. The number of anilines is 1. The van der Waals surface area contributed by atoms with Gasteiger partial charge in [-0.2, -0.15) is 10.2 Å². The van der Waals surface area contributed by atoms with Crippen LogP contribution in [-0.2, 0) is 14.1 Å². The quantitative estimate of drug-likeness (QED) is 0.905. The molecule has 2 aromatic heterocycles. The Balaban J connectivity index is 2.24. The summed E-state index contributed by atoms with van der Waals surface area (Å²) < 4.78 is 3.80. The highest BCUT2D eigenvalue weighted by Crippen LogP contribution is 2.24. The van der Waals surface area contributed by atoms with Crippen LogP contribution in [0.2, 0.25) is 0 Å². The van der Waals surface area contributed by atoms with E-state index >= 15 is 0 Å². The molecule has 2 aromatic rings. The third kappa shape index (κ3) is 2.12. The van der Waals surface area contributed by atoms with Crippen molar-refractivity contribution in [1.29, 1.82) is 0 Å². The van der Waals surface area contributed by atoms with E-state index in [2.05, 4.69) is 35.4 Å². The summed E-state index contributed by atoms with van der Waals surface area (Å²) in [7, 11) is 3.93. The van der Waals surface area contributed by atoms with E-state index < -0.39 is 0 Å². The summed E-state index contributed by atoms with van der Waals surface area (Å²) in [5.74, 6) is 0.908. The fourth-order valence-corrected chi connectivity index (χ4v) is 2.34. The van der Waals surface area contributed by atoms with Gasteiger partial charge in [0.2, 0.25) is 0 Å². The highest BCUT2D eigenvalue weighted by Gasteiger charge is 2.17. The van der Waals surface area contributed by atoms with Crippen LogP contribution < -0.4 is 5.32 Å². The Kier molecular flexibility index (Phi) is 3.15. The summed E-state index contributed by atoms with van der Waals surface area (Å²) >= 11 is 0. The molecule has 0 saturated heterocycles. The zero-order valence-corrected chi connectivity index (χ0v) is 11.9. The minimum atomic E-state index is 0.202. The lowest BCUT2D eigenvalue weighted by Gasteiger charge is -2.13. The molecule has 0 saturated carbocycles. The molecule has 0 bridgehead atoms. The first-order valence-corrected chi connectivity index (χ1v) is 6.17. The molecule has 1 N–H and O–H groups in total. The van der Waals surface area contributed by atoms with Crippen molar-refractivity contribution in [3.05, 3.63) is 28.7 Å². The van der Waals surface area contributed by atoms with Gasteiger partial charge in [-0.1, -0.05) is 0 Å². The monoisotopic (exact) mass is 247 g/mol. The van der Waals surface area contributed by atoms with Crippen LogP contribution in [0, 0.1) is 20.8 Å². The van der Waals surface area contributed by atoms with Crippen LogP contribution in [0.1, 0.15) is 35.6 Å². The van der Waals surface area contributed by atoms with E-state index in [9.17, 15) is 0 Å². The van der Waals surface area contributed by atoms with Crippen LogP contribution in [0.4, 0.5) is 5.82 Å². The molecule has 1 unspecified atom stereocenters. The Hall–Kier alpha value is -1.78. The largest absolute Gasteiger partial charge is 0.362 e. The Bertz CT molecular complexity index is 545. The van der Waals surface area contributed by atoms with Crippen molar-refractivity contribution in [2.45, 2.75) is 33.7 Å². The molecule has 5 nitrogen and oxygen atoms in total. The van der Waals surface area contributed by atoms with E-state index in [0.29, 0.717) is 0 Å². The summed E-state index contributed by atoms with van der Waals surface area (Å²) in [6, 6.07) is 2.25. The van der Waals surface area contributed by atoms with Crippen LogP contribution in [0.15, 0.2) is 6.07 Å². The second-order valence-corrected chi connectivity index (χ2v) is 4.87. The number of hydrogen-bond acceptors (Lipinski definition) is 3. The molecule has 0 fully saturated rings. The number of rotatable bonds is 3. The number of nitrogens with one attached hydrogen (secondary N) is 1. The predicted octanol–water partition coefficient (Wildman–Crippen LogP) is 2.25. The molecule has 2 rings (SSSR count). The maximum absolute atomic E-state index is 4.45. The van der Waals surface area contributed by atoms with Gasteiger partial charge >= 0.3 is 0 Å². The molecule has 0 aliphatic rings. The number of hydrogen-bond donors (Lipinski definition) is 1. The third-order valence-electron chi connectivity index (χ3n) is 3.48. The summed E-state index contributed by atoms with van der Waals surface area (Å²) in [6.07, 6.45) is 0. The number of aromatic nitrogens is 4. The maximum atomic E-state index is 4.45. The lowest BCUT2D eigenvalue weighted by molar-refractivity contribution is 0.725. The molecule has 18 heavy (non-hydrogen) atoms. The van der Waals surface area contributed by atoms with Gasteiger partial charge in [-0.15, -0.1) is 0 Å². The molecule has 0 aliphatic carbocycles. The third-order valence-corrected chi connectivity index (χ3v) is 3.48. The van der Waals surface area contributed by atoms with Crippen LogP contribution in [-0.4, -0.2) is 19.6 Å². The van der Waals surface area contributed by atoms with Gasteiger partial charge in [0.05, 0.1) is 11.7 Å². The molecule has 0 aliphatic heterocycles. The number of aryl methyl sites for hydroxylation is 4. The van der Waals surface area contributed by atoms with Crippen LogP contribution >= 0.6 is 0 Å². The highest BCUT2D eigenvalue weighted by molar-refractivity contribution is 5.41.